The first-order chi connectivity index (χ1) is 20.8. The molecule has 0 unspecified atom stereocenters. The van der Waals surface area contributed by atoms with Gasteiger partial charge in [0.2, 0.25) is 0 Å². The number of aromatic nitrogens is 1. The van der Waals surface area contributed by atoms with E-state index in [2.05, 4.69) is 162 Å². The van der Waals surface area contributed by atoms with E-state index in [-0.39, 0.29) is 0 Å². The van der Waals surface area contributed by atoms with Gasteiger partial charge in [0.05, 0.1) is 5.52 Å². The van der Waals surface area contributed by atoms with Gasteiger partial charge in [-0.1, -0.05) is 115 Å². The highest BCUT2D eigenvalue weighted by atomic mass is 15.0. The second kappa shape index (κ2) is 10.2. The SMILES string of the molecule is C1=c2c(n(-c3cccc(-c4ccccc4)c3)c3ccc(Nc4ccc5ccccc5c4)c(-c4ccccc4)c23)=CCC1. The summed E-state index contributed by atoms with van der Waals surface area (Å²) in [6, 6.07) is 50.1. The van der Waals surface area contributed by atoms with Crippen molar-refractivity contribution in [1.29, 1.82) is 0 Å². The minimum absolute atomic E-state index is 1.05. The summed E-state index contributed by atoms with van der Waals surface area (Å²) in [4.78, 5) is 0. The van der Waals surface area contributed by atoms with Crippen LogP contribution in [0.4, 0.5) is 11.4 Å². The molecule has 200 valence electrons. The number of hydrogen-bond donors (Lipinski definition) is 1. The molecule has 42 heavy (non-hydrogen) atoms. The van der Waals surface area contributed by atoms with Crippen LogP contribution in [0.5, 0.6) is 0 Å². The number of rotatable bonds is 5. The molecule has 0 saturated heterocycles. The number of benzene rings is 6. The van der Waals surface area contributed by atoms with E-state index in [0.717, 1.165) is 24.2 Å². The van der Waals surface area contributed by atoms with Crippen molar-refractivity contribution in [3.8, 4) is 27.9 Å². The molecule has 1 N–H and O–H groups in total. The molecule has 1 aliphatic rings. The third-order valence-electron chi connectivity index (χ3n) is 8.37. The Balaban J connectivity index is 1.38. The third-order valence-corrected chi connectivity index (χ3v) is 8.37. The van der Waals surface area contributed by atoms with Crippen molar-refractivity contribution >= 4 is 45.2 Å². The van der Waals surface area contributed by atoms with Gasteiger partial charge in [0.25, 0.3) is 0 Å². The van der Waals surface area contributed by atoms with E-state index in [1.807, 2.05) is 0 Å². The first-order valence-electron chi connectivity index (χ1n) is 14.7. The fraction of sp³-hybridized carbons (Fsp3) is 0.0500. The zero-order valence-electron chi connectivity index (χ0n) is 23.3. The summed E-state index contributed by atoms with van der Waals surface area (Å²) in [6.45, 7) is 0. The topological polar surface area (TPSA) is 17.0 Å². The van der Waals surface area contributed by atoms with Gasteiger partial charge in [0.15, 0.2) is 0 Å². The van der Waals surface area contributed by atoms with Crippen LogP contribution in [0, 0.1) is 0 Å². The highest BCUT2D eigenvalue weighted by Crippen LogP contribution is 2.37. The summed E-state index contributed by atoms with van der Waals surface area (Å²) in [6.07, 6.45) is 6.94. The fourth-order valence-corrected chi connectivity index (χ4v) is 6.45. The Labute approximate surface area is 245 Å². The predicted molar refractivity (Wildman–Crippen MR) is 179 cm³/mol. The first kappa shape index (κ1) is 24.5. The monoisotopic (exact) mass is 538 g/mol. The van der Waals surface area contributed by atoms with E-state index >= 15 is 0 Å². The number of nitrogens with one attached hydrogen (secondary N) is 1. The lowest BCUT2D eigenvalue weighted by Crippen LogP contribution is -2.30. The van der Waals surface area contributed by atoms with Gasteiger partial charge in [-0.2, -0.15) is 0 Å². The predicted octanol–water partition coefficient (Wildman–Crippen LogP) is 9.22. The largest absolute Gasteiger partial charge is 0.355 e. The molecule has 7 aromatic rings. The zero-order chi connectivity index (χ0) is 27.9. The Hall–Kier alpha value is -5.34. The van der Waals surface area contributed by atoms with Crippen LogP contribution in [0.2, 0.25) is 0 Å². The fourth-order valence-electron chi connectivity index (χ4n) is 6.45. The molecule has 0 bridgehead atoms. The van der Waals surface area contributed by atoms with Crippen molar-refractivity contribution in [3.05, 3.63) is 150 Å². The van der Waals surface area contributed by atoms with Gasteiger partial charge < -0.3 is 9.88 Å². The van der Waals surface area contributed by atoms with Crippen molar-refractivity contribution in [3.63, 3.8) is 0 Å². The Bertz CT molecular complexity index is 2210. The molecule has 1 aromatic heterocycles. The molecule has 8 rings (SSSR count). The van der Waals surface area contributed by atoms with Crippen molar-refractivity contribution < 1.29 is 0 Å². The lowest BCUT2D eigenvalue weighted by Gasteiger charge is -2.16. The molecule has 2 nitrogen and oxygen atoms in total. The first-order valence-corrected chi connectivity index (χ1v) is 14.7. The minimum atomic E-state index is 1.05. The number of fused-ring (bicyclic) bond motifs is 4. The second-order valence-corrected chi connectivity index (χ2v) is 11.0. The van der Waals surface area contributed by atoms with Crippen LogP contribution in [0.25, 0.3) is 61.8 Å². The molecule has 2 heteroatoms. The highest BCUT2D eigenvalue weighted by molar-refractivity contribution is 6.04. The summed E-state index contributed by atoms with van der Waals surface area (Å²) in [5.41, 5.74) is 9.51. The van der Waals surface area contributed by atoms with Crippen molar-refractivity contribution in [2.75, 3.05) is 5.32 Å². The van der Waals surface area contributed by atoms with Crippen molar-refractivity contribution in [1.82, 2.24) is 4.57 Å². The van der Waals surface area contributed by atoms with Crippen LogP contribution in [0.3, 0.4) is 0 Å². The minimum Gasteiger partial charge on any atom is -0.355 e. The molecule has 0 atom stereocenters. The summed E-state index contributed by atoms with van der Waals surface area (Å²) in [7, 11) is 0. The van der Waals surface area contributed by atoms with E-state index in [9.17, 15) is 0 Å². The Morgan fingerprint density at radius 1 is 0.524 bits per heavy atom. The summed E-state index contributed by atoms with van der Waals surface area (Å²) in [5, 5.41) is 10.2. The molecule has 6 aromatic carbocycles. The molecule has 0 radical (unpaired) electrons. The molecule has 0 spiro atoms. The third kappa shape index (κ3) is 4.20. The van der Waals surface area contributed by atoms with Crippen LogP contribution < -0.4 is 15.9 Å². The molecular weight excluding hydrogens is 508 g/mol. The zero-order valence-corrected chi connectivity index (χ0v) is 23.3. The molecule has 0 aliphatic heterocycles. The summed E-state index contributed by atoms with van der Waals surface area (Å²) >= 11 is 0. The Morgan fingerprint density at radius 2 is 1.24 bits per heavy atom. The van der Waals surface area contributed by atoms with Gasteiger partial charge in [0, 0.05) is 38.6 Å². The average molecular weight is 539 g/mol. The van der Waals surface area contributed by atoms with Crippen molar-refractivity contribution in [2.24, 2.45) is 0 Å². The maximum absolute atomic E-state index is 3.81. The van der Waals surface area contributed by atoms with Crippen LogP contribution in [0.15, 0.2) is 140 Å². The van der Waals surface area contributed by atoms with Crippen molar-refractivity contribution in [2.45, 2.75) is 12.8 Å². The molecule has 0 amide bonds. The standard InChI is InChI=1S/C40H30N2/c1-3-12-28(13-4-1)32-18-11-19-34(27-32)42-37-21-10-9-20-35(37)40-38(42)25-24-36(39(40)30-15-5-2-6-16-30)41-33-23-22-29-14-7-8-17-31(29)26-33/h1-8,11-27,41H,9-10H2. The normalized spacial score (nSPS) is 12.5. The molecule has 0 saturated carbocycles. The summed E-state index contributed by atoms with van der Waals surface area (Å²) in [5.74, 6) is 0. The Kier molecular flexibility index (Phi) is 5.97. The Morgan fingerprint density at radius 3 is 2.07 bits per heavy atom. The van der Waals surface area contributed by atoms with E-state index in [4.69, 9.17) is 0 Å². The van der Waals surface area contributed by atoms with E-state index in [0.29, 0.717) is 0 Å². The van der Waals surface area contributed by atoms with E-state index < -0.39 is 0 Å². The molecule has 1 aliphatic carbocycles. The molecule has 0 fully saturated rings. The number of nitrogens with zero attached hydrogens (tertiary/aromatic N) is 1. The molecular formula is C40H30N2. The van der Waals surface area contributed by atoms with Gasteiger partial charge in [-0.15, -0.1) is 0 Å². The van der Waals surface area contributed by atoms with Gasteiger partial charge in [0.1, 0.15) is 0 Å². The van der Waals surface area contributed by atoms with Crippen LogP contribution in [0.1, 0.15) is 12.8 Å². The lowest BCUT2D eigenvalue weighted by molar-refractivity contribution is 1.02. The second-order valence-electron chi connectivity index (χ2n) is 11.0. The number of anilines is 2. The van der Waals surface area contributed by atoms with E-state index in [1.165, 1.54) is 60.2 Å². The quantitative estimate of drug-likeness (QED) is 0.231. The van der Waals surface area contributed by atoms with Crippen LogP contribution in [-0.4, -0.2) is 4.57 Å². The highest BCUT2D eigenvalue weighted by Gasteiger charge is 2.19. The van der Waals surface area contributed by atoms with Gasteiger partial charge in [-0.05, 0) is 76.7 Å². The number of hydrogen-bond acceptors (Lipinski definition) is 1. The average Bonchev–Trinajstić information content (AvgIpc) is 3.40. The maximum Gasteiger partial charge on any atom is 0.0548 e. The molecule has 1 heterocycles. The summed E-state index contributed by atoms with van der Waals surface area (Å²) < 4.78 is 2.46. The van der Waals surface area contributed by atoms with Gasteiger partial charge in [-0.25, -0.2) is 0 Å². The van der Waals surface area contributed by atoms with Gasteiger partial charge in [-0.3, -0.25) is 0 Å². The van der Waals surface area contributed by atoms with E-state index in [1.54, 1.807) is 0 Å². The maximum atomic E-state index is 3.81. The smallest absolute Gasteiger partial charge is 0.0548 e. The van der Waals surface area contributed by atoms with Gasteiger partial charge >= 0.3 is 0 Å². The lowest BCUT2D eigenvalue weighted by atomic mass is 9.97. The van der Waals surface area contributed by atoms with Crippen LogP contribution >= 0.6 is 0 Å². The van der Waals surface area contributed by atoms with Crippen LogP contribution in [-0.2, 0) is 0 Å².